The molecule has 3 aliphatic rings. The zero-order chi connectivity index (χ0) is 26.2. The Hall–Kier alpha value is -4.18. The number of ether oxygens (including phenoxy) is 3. The van der Waals surface area contributed by atoms with Crippen molar-refractivity contribution in [3.63, 3.8) is 0 Å². The normalized spacial score (nSPS) is 20.6. The predicted molar refractivity (Wildman–Crippen MR) is 136 cm³/mol. The van der Waals surface area contributed by atoms with Crippen molar-refractivity contribution in [2.24, 2.45) is 0 Å². The van der Waals surface area contributed by atoms with Gasteiger partial charge in [0.2, 0.25) is 0 Å². The predicted octanol–water partition coefficient (Wildman–Crippen LogP) is 4.15. The average molecular weight is 520 g/mol. The summed E-state index contributed by atoms with van der Waals surface area (Å²) >= 11 is 0. The maximum absolute atomic E-state index is 14.2. The van der Waals surface area contributed by atoms with E-state index in [1.54, 1.807) is 6.07 Å². The topological polar surface area (TPSA) is 94.4 Å². The quantitative estimate of drug-likeness (QED) is 0.282. The van der Waals surface area contributed by atoms with Gasteiger partial charge in [0.1, 0.15) is 25.1 Å². The Bertz CT molecular complexity index is 1370. The lowest BCUT2D eigenvalue weighted by Crippen LogP contribution is -2.52. The van der Waals surface area contributed by atoms with Crippen molar-refractivity contribution in [2.75, 3.05) is 44.3 Å². The summed E-state index contributed by atoms with van der Waals surface area (Å²) in [4.78, 5) is 28.0. The van der Waals surface area contributed by atoms with E-state index >= 15 is 0 Å². The van der Waals surface area contributed by atoms with Crippen LogP contribution >= 0.6 is 0 Å². The maximum Gasteiger partial charge on any atom is 0.338 e. The molecule has 0 aromatic heterocycles. The Morgan fingerprint density at radius 3 is 2.53 bits per heavy atom. The highest BCUT2D eigenvalue weighted by Crippen LogP contribution is 2.42. The van der Waals surface area contributed by atoms with Gasteiger partial charge in [-0.05, 0) is 48.4 Å². The number of non-ortho nitro benzene ring substituents is 1. The number of nitro groups is 1. The minimum atomic E-state index is -0.656. The first-order valence-electron chi connectivity index (χ1n) is 12.6. The van der Waals surface area contributed by atoms with Crippen LogP contribution in [0.25, 0.3) is 0 Å². The van der Waals surface area contributed by atoms with E-state index in [2.05, 4.69) is 9.80 Å². The number of benzene rings is 3. The van der Waals surface area contributed by atoms with Crippen molar-refractivity contribution in [3.8, 4) is 11.5 Å². The third kappa shape index (κ3) is 4.51. The van der Waals surface area contributed by atoms with E-state index < -0.39 is 17.0 Å². The van der Waals surface area contributed by atoms with Gasteiger partial charge in [-0.15, -0.1) is 0 Å². The summed E-state index contributed by atoms with van der Waals surface area (Å²) in [5.41, 5.74) is 2.71. The monoisotopic (exact) mass is 519 g/mol. The van der Waals surface area contributed by atoms with Crippen LogP contribution in [0.1, 0.15) is 27.6 Å². The van der Waals surface area contributed by atoms with E-state index in [0.717, 1.165) is 48.9 Å². The van der Waals surface area contributed by atoms with E-state index in [-0.39, 0.29) is 23.1 Å². The number of carbonyl (C=O) groups excluding carboxylic acids is 1. The minimum Gasteiger partial charge on any atom is -0.486 e. The fraction of sp³-hybridized carbons (Fsp3) is 0.321. The van der Waals surface area contributed by atoms with E-state index in [1.165, 1.54) is 36.4 Å². The molecule has 0 spiro atoms. The molecule has 2 atom stereocenters. The van der Waals surface area contributed by atoms with Gasteiger partial charge in [-0.3, -0.25) is 15.0 Å². The highest BCUT2D eigenvalue weighted by atomic mass is 19.1. The van der Waals surface area contributed by atoms with Gasteiger partial charge in [-0.25, -0.2) is 9.18 Å². The van der Waals surface area contributed by atoms with Crippen molar-refractivity contribution in [2.45, 2.75) is 18.6 Å². The van der Waals surface area contributed by atoms with Crippen LogP contribution < -0.4 is 14.4 Å². The lowest BCUT2D eigenvalue weighted by molar-refractivity contribution is -0.384. The summed E-state index contributed by atoms with van der Waals surface area (Å²) in [6.07, 6.45) is -0.0259. The SMILES string of the molecule is O=C(O[C@@H]1c2cc(F)ccc2C[C@H]1N1CCN(c2cccc3c2OCCO3)CC1)c1ccc([N+](=O)[O-])cc1. The molecule has 0 bridgehead atoms. The molecule has 0 N–H and O–H groups in total. The fourth-order valence-corrected chi connectivity index (χ4v) is 5.52. The van der Waals surface area contributed by atoms with Crippen LogP contribution in [0.15, 0.2) is 60.7 Å². The first-order chi connectivity index (χ1) is 18.5. The standard InChI is InChI=1S/C28H26FN3O6/c29-20-7-4-19-16-24(26(22(19)17-20)38-28(33)18-5-8-21(9-6-18)32(34)35)31-12-10-30(11-13-31)23-2-1-3-25-27(23)37-15-14-36-25/h1-9,17,24,26H,10-16H2/t24-,26-/m1/s1. The molecule has 1 saturated heterocycles. The number of nitrogens with zero attached hydrogens (tertiary/aromatic N) is 3. The minimum absolute atomic E-state index is 0.109. The second-order valence-corrected chi connectivity index (χ2v) is 9.57. The Morgan fingerprint density at radius 1 is 1.00 bits per heavy atom. The number of hydrogen-bond acceptors (Lipinski definition) is 8. The molecule has 0 saturated carbocycles. The summed E-state index contributed by atoms with van der Waals surface area (Å²) in [6.45, 7) is 3.97. The van der Waals surface area contributed by atoms with E-state index in [0.29, 0.717) is 25.2 Å². The molecule has 2 heterocycles. The first-order valence-corrected chi connectivity index (χ1v) is 12.6. The smallest absolute Gasteiger partial charge is 0.338 e. The second-order valence-electron chi connectivity index (χ2n) is 9.57. The van der Waals surface area contributed by atoms with Crippen molar-refractivity contribution in [1.29, 1.82) is 0 Å². The van der Waals surface area contributed by atoms with Gasteiger partial charge in [-0.1, -0.05) is 12.1 Å². The number of rotatable bonds is 5. The number of para-hydroxylation sites is 1. The Morgan fingerprint density at radius 2 is 1.76 bits per heavy atom. The molecule has 6 rings (SSSR count). The maximum atomic E-state index is 14.2. The molecule has 3 aromatic carbocycles. The first kappa shape index (κ1) is 24.2. The van der Waals surface area contributed by atoms with Gasteiger partial charge < -0.3 is 19.1 Å². The van der Waals surface area contributed by atoms with Gasteiger partial charge in [0.15, 0.2) is 11.5 Å². The zero-order valence-corrected chi connectivity index (χ0v) is 20.5. The number of carbonyl (C=O) groups is 1. The summed E-state index contributed by atoms with van der Waals surface area (Å²) in [5, 5.41) is 11.0. The molecule has 9 nitrogen and oxygen atoms in total. The molecular weight excluding hydrogens is 493 g/mol. The highest BCUT2D eigenvalue weighted by molar-refractivity contribution is 5.90. The van der Waals surface area contributed by atoms with Gasteiger partial charge in [0.05, 0.1) is 22.2 Å². The molecule has 10 heteroatoms. The number of fused-ring (bicyclic) bond motifs is 2. The van der Waals surface area contributed by atoms with Gasteiger partial charge in [0, 0.05) is 43.9 Å². The average Bonchev–Trinajstić information content (AvgIpc) is 3.30. The molecule has 196 valence electrons. The summed E-state index contributed by atoms with van der Waals surface area (Å²) in [5.74, 6) is 0.536. The number of hydrogen-bond donors (Lipinski definition) is 0. The van der Waals surface area contributed by atoms with Crippen molar-refractivity contribution in [3.05, 3.63) is 93.3 Å². The van der Waals surface area contributed by atoms with Gasteiger partial charge in [0.25, 0.3) is 5.69 Å². The third-order valence-electron chi connectivity index (χ3n) is 7.41. The number of anilines is 1. The Kier molecular flexibility index (Phi) is 6.32. The van der Waals surface area contributed by atoms with Crippen molar-refractivity contribution < 1.29 is 28.3 Å². The van der Waals surface area contributed by atoms with Crippen LogP contribution in [0.2, 0.25) is 0 Å². The Balaban J connectivity index is 1.20. The fourth-order valence-electron chi connectivity index (χ4n) is 5.52. The zero-order valence-electron chi connectivity index (χ0n) is 20.5. The van der Waals surface area contributed by atoms with Crippen LogP contribution in [0, 0.1) is 15.9 Å². The van der Waals surface area contributed by atoms with Gasteiger partial charge in [-0.2, -0.15) is 0 Å². The molecule has 1 aliphatic carbocycles. The van der Waals surface area contributed by atoms with E-state index in [1.807, 2.05) is 18.2 Å². The lowest BCUT2D eigenvalue weighted by atomic mass is 10.1. The second kappa shape index (κ2) is 9.94. The summed E-state index contributed by atoms with van der Waals surface area (Å²) in [7, 11) is 0. The molecule has 38 heavy (non-hydrogen) atoms. The molecule has 2 aliphatic heterocycles. The third-order valence-corrected chi connectivity index (χ3v) is 7.41. The van der Waals surface area contributed by atoms with Crippen LogP contribution in [-0.4, -0.2) is 61.2 Å². The van der Waals surface area contributed by atoms with Gasteiger partial charge >= 0.3 is 5.97 Å². The van der Waals surface area contributed by atoms with E-state index in [9.17, 15) is 19.3 Å². The summed E-state index contributed by atoms with van der Waals surface area (Å²) < 4.78 is 31.8. The van der Waals surface area contributed by atoms with Crippen molar-refractivity contribution >= 4 is 17.3 Å². The molecule has 3 aromatic rings. The van der Waals surface area contributed by atoms with Crippen molar-refractivity contribution in [1.82, 2.24) is 4.90 Å². The van der Waals surface area contributed by atoms with Crippen LogP contribution in [0.3, 0.4) is 0 Å². The highest BCUT2D eigenvalue weighted by Gasteiger charge is 2.40. The lowest BCUT2D eigenvalue weighted by Gasteiger charge is -2.41. The molecule has 0 amide bonds. The summed E-state index contributed by atoms with van der Waals surface area (Å²) in [6, 6.07) is 15.7. The number of esters is 1. The molecule has 1 fully saturated rings. The van der Waals surface area contributed by atoms with Crippen LogP contribution in [0.4, 0.5) is 15.8 Å². The number of halogens is 1. The number of piperazine rings is 1. The number of nitro benzene ring substituents is 1. The molecule has 0 radical (unpaired) electrons. The molecular formula is C28H26FN3O6. The van der Waals surface area contributed by atoms with Crippen LogP contribution in [-0.2, 0) is 11.2 Å². The molecule has 0 unspecified atom stereocenters. The van der Waals surface area contributed by atoms with E-state index in [4.69, 9.17) is 14.2 Å². The Labute approximate surface area is 218 Å². The largest absolute Gasteiger partial charge is 0.486 e. The van der Waals surface area contributed by atoms with Crippen LogP contribution in [0.5, 0.6) is 11.5 Å².